The Morgan fingerprint density at radius 3 is 3.24 bits per heavy atom. The Kier molecular flexibility index (Phi) is 2.72. The minimum absolute atomic E-state index is 0.136. The van der Waals surface area contributed by atoms with E-state index in [9.17, 15) is 4.79 Å². The van der Waals surface area contributed by atoms with Gasteiger partial charge in [0.05, 0.1) is 6.04 Å². The van der Waals surface area contributed by atoms with Crippen molar-refractivity contribution in [3.8, 4) is 0 Å². The molecule has 3 atom stereocenters. The Hall–Kier alpha value is -1.71. The summed E-state index contributed by atoms with van der Waals surface area (Å²) in [4.78, 5) is 17.3. The number of aromatic amines is 1. The van der Waals surface area contributed by atoms with Crippen molar-refractivity contribution in [1.82, 2.24) is 9.88 Å². The van der Waals surface area contributed by atoms with Crippen molar-refractivity contribution in [1.29, 1.82) is 0 Å². The van der Waals surface area contributed by atoms with Gasteiger partial charge in [0.15, 0.2) is 0 Å². The van der Waals surface area contributed by atoms with Gasteiger partial charge in [0, 0.05) is 24.4 Å². The first kappa shape index (κ1) is 13.0. The number of hydrogen-bond acceptors (Lipinski definition) is 2. The van der Waals surface area contributed by atoms with Crippen LogP contribution in [0.4, 0.5) is 4.79 Å². The van der Waals surface area contributed by atoms with E-state index in [1.807, 2.05) is 11.1 Å². The van der Waals surface area contributed by atoms with Gasteiger partial charge in [-0.2, -0.15) is 0 Å². The van der Waals surface area contributed by atoms with E-state index in [4.69, 9.17) is 4.74 Å². The lowest BCUT2D eigenvalue weighted by atomic mass is 9.68. The SMILES string of the molecule is C=C1c2[nH]ccc2CC[C@@]2(CCC)CN3C(=O)OCC3[C@@H]12. The highest BCUT2D eigenvalue weighted by atomic mass is 16.6. The van der Waals surface area contributed by atoms with Crippen molar-refractivity contribution < 1.29 is 9.53 Å². The van der Waals surface area contributed by atoms with Gasteiger partial charge in [0.1, 0.15) is 6.61 Å². The number of hydrogen-bond donors (Lipinski definition) is 1. The lowest BCUT2D eigenvalue weighted by Gasteiger charge is -2.35. The van der Waals surface area contributed by atoms with Gasteiger partial charge in [0.2, 0.25) is 0 Å². The van der Waals surface area contributed by atoms with Crippen LogP contribution in [0, 0.1) is 11.3 Å². The zero-order valence-corrected chi connectivity index (χ0v) is 12.5. The predicted molar refractivity (Wildman–Crippen MR) is 80.8 cm³/mol. The monoisotopic (exact) mass is 286 g/mol. The molecule has 2 fully saturated rings. The number of nitrogens with one attached hydrogen (secondary N) is 1. The molecule has 0 spiro atoms. The average Bonchev–Trinajstić information content (AvgIpc) is 3.11. The first-order valence-corrected chi connectivity index (χ1v) is 7.95. The van der Waals surface area contributed by atoms with E-state index in [1.54, 1.807) is 0 Å². The molecule has 1 aromatic rings. The van der Waals surface area contributed by atoms with Gasteiger partial charge in [-0.25, -0.2) is 4.79 Å². The topological polar surface area (TPSA) is 45.3 Å². The maximum absolute atomic E-state index is 12.0. The second-order valence-electron chi connectivity index (χ2n) is 6.77. The molecule has 112 valence electrons. The Labute approximate surface area is 125 Å². The normalized spacial score (nSPS) is 34.2. The Balaban J connectivity index is 1.80. The highest BCUT2D eigenvalue weighted by Gasteiger charge is 2.58. The van der Waals surface area contributed by atoms with Gasteiger partial charge < -0.3 is 14.6 Å². The largest absolute Gasteiger partial charge is 0.447 e. The predicted octanol–water partition coefficient (Wildman–Crippen LogP) is 3.21. The number of ether oxygens (including phenoxy) is 1. The standard InChI is InChI=1S/C17H22N2O2/c1-3-6-17-7-4-12-5-8-18-15(12)11(2)14(17)13-9-21-16(20)19(13)10-17/h5,8,13-14,18H,2-4,6-7,9-10H2,1H3/t13?,14-,17+/m1/s1. The Morgan fingerprint density at radius 1 is 1.57 bits per heavy atom. The Bertz CT molecular complexity index is 606. The molecule has 0 bridgehead atoms. The minimum atomic E-state index is -0.136. The second kappa shape index (κ2) is 4.39. The summed E-state index contributed by atoms with van der Waals surface area (Å²) < 4.78 is 5.29. The van der Waals surface area contributed by atoms with Crippen LogP contribution in [-0.2, 0) is 11.2 Å². The fourth-order valence-corrected chi connectivity index (χ4v) is 4.91. The van der Waals surface area contributed by atoms with Crippen LogP contribution in [0.5, 0.6) is 0 Å². The number of carbonyl (C=O) groups excluding carboxylic acids is 1. The van der Waals surface area contributed by atoms with Crippen molar-refractivity contribution in [2.24, 2.45) is 11.3 Å². The highest BCUT2D eigenvalue weighted by molar-refractivity contribution is 5.75. The van der Waals surface area contributed by atoms with E-state index in [0.717, 1.165) is 32.2 Å². The summed E-state index contributed by atoms with van der Waals surface area (Å²) in [5, 5.41) is 0. The van der Waals surface area contributed by atoms with Gasteiger partial charge in [-0.05, 0) is 41.9 Å². The van der Waals surface area contributed by atoms with Gasteiger partial charge >= 0.3 is 6.09 Å². The third kappa shape index (κ3) is 1.65. The van der Waals surface area contributed by atoms with Crippen molar-refractivity contribution in [2.75, 3.05) is 13.2 Å². The first-order chi connectivity index (χ1) is 10.2. The van der Waals surface area contributed by atoms with Crippen molar-refractivity contribution >= 4 is 11.7 Å². The van der Waals surface area contributed by atoms with E-state index < -0.39 is 0 Å². The third-order valence-corrected chi connectivity index (χ3v) is 5.71. The lowest BCUT2D eigenvalue weighted by molar-refractivity contribution is 0.136. The maximum atomic E-state index is 12.0. The summed E-state index contributed by atoms with van der Waals surface area (Å²) in [5.41, 5.74) is 3.92. The molecule has 3 aliphatic rings. The maximum Gasteiger partial charge on any atom is 0.410 e. The van der Waals surface area contributed by atoms with Gasteiger partial charge in [0.25, 0.3) is 0 Å². The molecular weight excluding hydrogens is 264 g/mol. The number of aromatic nitrogens is 1. The third-order valence-electron chi connectivity index (χ3n) is 5.71. The molecule has 4 heteroatoms. The summed E-state index contributed by atoms with van der Waals surface area (Å²) in [7, 11) is 0. The first-order valence-electron chi connectivity index (χ1n) is 7.95. The summed E-state index contributed by atoms with van der Waals surface area (Å²) >= 11 is 0. The molecule has 1 N–H and O–H groups in total. The summed E-state index contributed by atoms with van der Waals surface area (Å²) in [6.45, 7) is 8.00. The number of H-pyrrole nitrogens is 1. The molecule has 0 saturated carbocycles. The van der Waals surface area contributed by atoms with Gasteiger partial charge in [-0.15, -0.1) is 0 Å². The van der Waals surface area contributed by atoms with Crippen LogP contribution >= 0.6 is 0 Å². The van der Waals surface area contributed by atoms with Crippen molar-refractivity contribution in [2.45, 2.75) is 38.6 Å². The van der Waals surface area contributed by atoms with Crippen molar-refractivity contribution in [3.63, 3.8) is 0 Å². The van der Waals surface area contributed by atoms with E-state index in [1.165, 1.54) is 16.8 Å². The van der Waals surface area contributed by atoms with Crippen LogP contribution in [0.25, 0.3) is 5.57 Å². The molecule has 0 aromatic carbocycles. The van der Waals surface area contributed by atoms with Crippen LogP contribution in [0.3, 0.4) is 0 Å². The van der Waals surface area contributed by atoms with Gasteiger partial charge in [-0.1, -0.05) is 19.9 Å². The number of fused-ring (bicyclic) bond motifs is 4. The molecule has 3 heterocycles. The molecule has 4 rings (SSSR count). The highest BCUT2D eigenvalue weighted by Crippen LogP contribution is 2.55. The van der Waals surface area contributed by atoms with E-state index in [0.29, 0.717) is 12.5 Å². The Morgan fingerprint density at radius 2 is 2.43 bits per heavy atom. The summed E-state index contributed by atoms with van der Waals surface area (Å²) in [6.07, 6.45) is 6.38. The van der Waals surface area contributed by atoms with E-state index in [2.05, 4.69) is 24.6 Å². The fraction of sp³-hybridized carbons (Fsp3) is 0.588. The fourth-order valence-electron chi connectivity index (χ4n) is 4.91. The minimum Gasteiger partial charge on any atom is -0.447 e. The molecule has 21 heavy (non-hydrogen) atoms. The smallest absolute Gasteiger partial charge is 0.410 e. The number of carbonyl (C=O) groups is 1. The molecule has 2 aliphatic heterocycles. The quantitative estimate of drug-likeness (QED) is 0.907. The van der Waals surface area contributed by atoms with E-state index >= 15 is 0 Å². The molecule has 1 amide bonds. The second-order valence-corrected chi connectivity index (χ2v) is 6.77. The zero-order valence-electron chi connectivity index (χ0n) is 12.5. The molecule has 2 saturated heterocycles. The van der Waals surface area contributed by atoms with Crippen LogP contribution in [0.15, 0.2) is 18.8 Å². The molecule has 1 aliphatic carbocycles. The molecule has 1 unspecified atom stereocenters. The van der Waals surface area contributed by atoms with Gasteiger partial charge in [-0.3, -0.25) is 0 Å². The number of nitrogens with zero attached hydrogens (tertiary/aromatic N) is 1. The number of rotatable bonds is 2. The molecule has 1 aromatic heterocycles. The molecular formula is C17H22N2O2. The van der Waals surface area contributed by atoms with Crippen LogP contribution < -0.4 is 0 Å². The number of amides is 1. The summed E-state index contributed by atoms with van der Waals surface area (Å²) in [5.74, 6) is 0.323. The van der Waals surface area contributed by atoms with Crippen LogP contribution in [-0.4, -0.2) is 35.2 Å². The van der Waals surface area contributed by atoms with Crippen LogP contribution in [0.1, 0.15) is 37.4 Å². The van der Waals surface area contributed by atoms with Crippen LogP contribution in [0.2, 0.25) is 0 Å². The average molecular weight is 286 g/mol. The number of aryl methyl sites for hydroxylation is 1. The lowest BCUT2D eigenvalue weighted by Crippen LogP contribution is -2.33. The van der Waals surface area contributed by atoms with Crippen molar-refractivity contribution in [3.05, 3.63) is 30.1 Å². The molecule has 4 nitrogen and oxygen atoms in total. The van der Waals surface area contributed by atoms with E-state index in [-0.39, 0.29) is 17.6 Å². The number of cyclic esters (lactones) is 1. The molecule has 0 radical (unpaired) electrons. The summed E-state index contributed by atoms with van der Waals surface area (Å²) in [6, 6.07) is 2.35. The zero-order chi connectivity index (χ0) is 14.6.